The lowest BCUT2D eigenvalue weighted by Gasteiger charge is -2.20. The van der Waals surface area contributed by atoms with E-state index in [-0.39, 0.29) is 17.6 Å². The van der Waals surface area contributed by atoms with Gasteiger partial charge in [0.25, 0.3) is 0 Å². The molecule has 1 aromatic heterocycles. The van der Waals surface area contributed by atoms with Gasteiger partial charge in [-0.05, 0) is 35.7 Å². The van der Waals surface area contributed by atoms with Crippen LogP contribution < -0.4 is 0 Å². The Morgan fingerprint density at radius 2 is 1.95 bits per heavy atom. The van der Waals surface area contributed by atoms with E-state index < -0.39 is 0 Å². The molecule has 1 heterocycles. The van der Waals surface area contributed by atoms with Gasteiger partial charge in [-0.3, -0.25) is 4.79 Å². The summed E-state index contributed by atoms with van der Waals surface area (Å²) in [5.41, 5.74) is 2.08. The third-order valence-corrected chi connectivity index (χ3v) is 3.80. The quantitative estimate of drug-likeness (QED) is 0.828. The van der Waals surface area contributed by atoms with E-state index in [2.05, 4.69) is 0 Å². The molecule has 4 heteroatoms. The first-order valence-corrected chi connectivity index (χ1v) is 7.07. The molecule has 0 aliphatic carbocycles. The van der Waals surface area contributed by atoms with E-state index in [0.717, 1.165) is 11.3 Å². The summed E-state index contributed by atoms with van der Waals surface area (Å²) in [7, 11) is 3.78. The Morgan fingerprint density at radius 3 is 2.52 bits per heavy atom. The molecule has 0 radical (unpaired) electrons. The molecule has 0 N–H and O–H groups in total. The number of carbonyl (C=O) groups is 1. The highest BCUT2D eigenvalue weighted by molar-refractivity contribution is 5.76. The Morgan fingerprint density at radius 1 is 1.29 bits per heavy atom. The Labute approximate surface area is 125 Å². The molecule has 2 rings (SSSR count). The van der Waals surface area contributed by atoms with Gasteiger partial charge in [-0.15, -0.1) is 0 Å². The summed E-state index contributed by atoms with van der Waals surface area (Å²) in [6.45, 7) is 2.58. The minimum atomic E-state index is -0.252. The largest absolute Gasteiger partial charge is 0.353 e. The standard InChI is InChI=1S/C17H21FN2O/c1-13(14-6-8-15(18)9-7-14)11-17(21)20(3)12-16-5-4-10-19(16)2/h4-10,13H,11-12H2,1-3H3/t13-/m1/s1. The number of nitrogens with zero attached hydrogens (tertiary/aromatic N) is 2. The van der Waals surface area contributed by atoms with Crippen LogP contribution in [0, 0.1) is 5.82 Å². The van der Waals surface area contributed by atoms with Crippen molar-refractivity contribution in [2.24, 2.45) is 7.05 Å². The molecule has 1 amide bonds. The van der Waals surface area contributed by atoms with Gasteiger partial charge in [0.15, 0.2) is 0 Å². The Balaban J connectivity index is 1.94. The van der Waals surface area contributed by atoms with Gasteiger partial charge in [0.1, 0.15) is 5.82 Å². The van der Waals surface area contributed by atoms with Crippen LogP contribution in [0.25, 0.3) is 0 Å². The maximum Gasteiger partial charge on any atom is 0.223 e. The van der Waals surface area contributed by atoms with Gasteiger partial charge in [-0.1, -0.05) is 19.1 Å². The van der Waals surface area contributed by atoms with Crippen LogP contribution in [0.5, 0.6) is 0 Å². The van der Waals surface area contributed by atoms with Gasteiger partial charge in [-0.2, -0.15) is 0 Å². The number of rotatable bonds is 5. The number of hydrogen-bond donors (Lipinski definition) is 0. The fourth-order valence-electron chi connectivity index (χ4n) is 2.32. The second-order valence-corrected chi connectivity index (χ2v) is 5.52. The summed E-state index contributed by atoms with van der Waals surface area (Å²) in [5.74, 6) is -0.0833. The molecule has 3 nitrogen and oxygen atoms in total. The van der Waals surface area contributed by atoms with Crippen LogP contribution in [0.15, 0.2) is 42.6 Å². The van der Waals surface area contributed by atoms with E-state index >= 15 is 0 Å². The van der Waals surface area contributed by atoms with E-state index in [1.165, 1.54) is 12.1 Å². The number of halogens is 1. The third kappa shape index (κ3) is 3.94. The summed E-state index contributed by atoms with van der Waals surface area (Å²) in [6, 6.07) is 10.3. The zero-order valence-corrected chi connectivity index (χ0v) is 12.7. The average molecular weight is 288 g/mol. The molecule has 0 aliphatic heterocycles. The molecule has 0 aliphatic rings. The van der Waals surface area contributed by atoms with E-state index in [9.17, 15) is 9.18 Å². The molecule has 0 saturated carbocycles. The van der Waals surface area contributed by atoms with E-state index in [0.29, 0.717) is 13.0 Å². The number of aryl methyl sites for hydroxylation is 1. The lowest BCUT2D eigenvalue weighted by molar-refractivity contribution is -0.130. The molecule has 21 heavy (non-hydrogen) atoms. The normalized spacial score (nSPS) is 12.2. The highest BCUT2D eigenvalue weighted by atomic mass is 19.1. The van der Waals surface area contributed by atoms with Crippen LogP contribution >= 0.6 is 0 Å². The van der Waals surface area contributed by atoms with Crippen molar-refractivity contribution < 1.29 is 9.18 Å². The van der Waals surface area contributed by atoms with Gasteiger partial charge in [0, 0.05) is 32.4 Å². The molecule has 0 fully saturated rings. The molecule has 0 saturated heterocycles. The molecule has 1 atom stereocenters. The highest BCUT2D eigenvalue weighted by Crippen LogP contribution is 2.20. The number of carbonyl (C=O) groups excluding carboxylic acids is 1. The maximum atomic E-state index is 12.9. The molecule has 1 aromatic carbocycles. The Hall–Kier alpha value is -2.10. The maximum absolute atomic E-state index is 12.9. The van der Waals surface area contributed by atoms with Crippen molar-refractivity contribution in [3.8, 4) is 0 Å². The van der Waals surface area contributed by atoms with Crippen molar-refractivity contribution >= 4 is 5.91 Å². The number of benzene rings is 1. The minimum Gasteiger partial charge on any atom is -0.353 e. The van der Waals surface area contributed by atoms with Crippen molar-refractivity contribution in [1.82, 2.24) is 9.47 Å². The molecule has 2 aromatic rings. The number of hydrogen-bond acceptors (Lipinski definition) is 1. The molecule has 0 unspecified atom stereocenters. The zero-order chi connectivity index (χ0) is 15.4. The summed E-state index contributed by atoms with van der Waals surface area (Å²) in [6.07, 6.45) is 2.39. The minimum absolute atomic E-state index is 0.0777. The van der Waals surface area contributed by atoms with Gasteiger partial charge < -0.3 is 9.47 Å². The topological polar surface area (TPSA) is 25.2 Å². The zero-order valence-electron chi connectivity index (χ0n) is 12.7. The van der Waals surface area contributed by atoms with Gasteiger partial charge in [-0.25, -0.2) is 4.39 Å². The van der Waals surface area contributed by atoms with Gasteiger partial charge in [0.2, 0.25) is 5.91 Å². The van der Waals surface area contributed by atoms with Crippen LogP contribution in [0.3, 0.4) is 0 Å². The fraction of sp³-hybridized carbons (Fsp3) is 0.353. The van der Waals surface area contributed by atoms with Crippen LogP contribution in [0.2, 0.25) is 0 Å². The van der Waals surface area contributed by atoms with Crippen molar-refractivity contribution in [2.75, 3.05) is 7.05 Å². The predicted octanol–water partition coefficient (Wildman–Crippen LogP) is 3.32. The Kier molecular flexibility index (Phi) is 4.78. The number of aromatic nitrogens is 1. The molecular formula is C17H21FN2O. The Bertz CT molecular complexity index is 604. The van der Waals surface area contributed by atoms with Crippen molar-refractivity contribution in [3.63, 3.8) is 0 Å². The first kappa shape index (κ1) is 15.3. The summed E-state index contributed by atoms with van der Waals surface area (Å²) < 4.78 is 14.9. The molecular weight excluding hydrogens is 267 g/mol. The molecule has 0 bridgehead atoms. The smallest absolute Gasteiger partial charge is 0.223 e. The average Bonchev–Trinajstić information content (AvgIpc) is 2.84. The van der Waals surface area contributed by atoms with E-state index in [1.54, 1.807) is 17.0 Å². The second kappa shape index (κ2) is 6.57. The first-order valence-electron chi connectivity index (χ1n) is 7.07. The van der Waals surface area contributed by atoms with E-state index in [1.807, 2.05) is 43.9 Å². The van der Waals surface area contributed by atoms with Crippen LogP contribution in [-0.2, 0) is 18.4 Å². The second-order valence-electron chi connectivity index (χ2n) is 5.52. The van der Waals surface area contributed by atoms with Crippen LogP contribution in [0.4, 0.5) is 4.39 Å². The van der Waals surface area contributed by atoms with Gasteiger partial charge in [0.05, 0.1) is 6.54 Å². The fourth-order valence-corrected chi connectivity index (χ4v) is 2.32. The first-order chi connectivity index (χ1) is 9.97. The molecule has 0 spiro atoms. The van der Waals surface area contributed by atoms with Crippen molar-refractivity contribution in [3.05, 3.63) is 59.7 Å². The van der Waals surface area contributed by atoms with Crippen LogP contribution in [-0.4, -0.2) is 22.4 Å². The lowest BCUT2D eigenvalue weighted by atomic mass is 9.97. The highest BCUT2D eigenvalue weighted by Gasteiger charge is 2.15. The van der Waals surface area contributed by atoms with Gasteiger partial charge >= 0.3 is 0 Å². The monoisotopic (exact) mass is 288 g/mol. The predicted molar refractivity (Wildman–Crippen MR) is 81.3 cm³/mol. The summed E-state index contributed by atoms with van der Waals surface area (Å²) in [4.78, 5) is 14.0. The SMILES string of the molecule is C[C@H](CC(=O)N(C)Cc1cccn1C)c1ccc(F)cc1. The van der Waals surface area contributed by atoms with Crippen molar-refractivity contribution in [1.29, 1.82) is 0 Å². The summed E-state index contributed by atoms with van der Waals surface area (Å²) >= 11 is 0. The lowest BCUT2D eigenvalue weighted by Crippen LogP contribution is -2.28. The third-order valence-electron chi connectivity index (χ3n) is 3.80. The van der Waals surface area contributed by atoms with Crippen LogP contribution in [0.1, 0.15) is 30.5 Å². The van der Waals surface area contributed by atoms with E-state index in [4.69, 9.17) is 0 Å². The number of amides is 1. The van der Waals surface area contributed by atoms with Crippen molar-refractivity contribution in [2.45, 2.75) is 25.8 Å². The summed E-state index contributed by atoms with van der Waals surface area (Å²) in [5, 5.41) is 0. The molecule has 112 valence electrons.